The van der Waals surface area contributed by atoms with Crippen LogP contribution in [0.4, 0.5) is 5.13 Å². The zero-order valence-electron chi connectivity index (χ0n) is 14.8. The number of amides is 2. The van der Waals surface area contributed by atoms with Gasteiger partial charge in [0.05, 0.1) is 16.8 Å². The standard InChI is InChI=1S/C16H18N6O2S2/c1-9-5-6-12(25-9)14-10(2)26-16(17-14)18-15(24)11-7-22(20-19-11)8-13(23)21(3)4/h5-7H,8H2,1-4H3,(H,17,18,24). The SMILES string of the molecule is Cc1ccc(-c2nc(NC(=O)c3cn(CC(=O)N(C)C)nn3)sc2C)s1. The Bertz CT molecular complexity index is 956. The van der Waals surface area contributed by atoms with Crippen LogP contribution >= 0.6 is 22.7 Å². The Balaban J connectivity index is 1.71. The van der Waals surface area contributed by atoms with Gasteiger partial charge in [-0.2, -0.15) is 0 Å². The van der Waals surface area contributed by atoms with E-state index in [-0.39, 0.29) is 18.1 Å². The molecule has 3 aromatic heterocycles. The van der Waals surface area contributed by atoms with Crippen molar-refractivity contribution in [1.29, 1.82) is 0 Å². The molecule has 0 aliphatic carbocycles. The van der Waals surface area contributed by atoms with Gasteiger partial charge in [-0.05, 0) is 26.0 Å². The Morgan fingerprint density at radius 3 is 2.65 bits per heavy atom. The van der Waals surface area contributed by atoms with Crippen LogP contribution in [-0.4, -0.2) is 50.8 Å². The minimum absolute atomic E-state index is 0.0333. The second-order valence-electron chi connectivity index (χ2n) is 5.88. The van der Waals surface area contributed by atoms with E-state index in [2.05, 4.69) is 20.6 Å². The van der Waals surface area contributed by atoms with Crippen LogP contribution in [-0.2, 0) is 11.3 Å². The minimum Gasteiger partial charge on any atom is -0.347 e. The lowest BCUT2D eigenvalue weighted by atomic mass is 10.3. The van der Waals surface area contributed by atoms with Gasteiger partial charge >= 0.3 is 0 Å². The van der Waals surface area contributed by atoms with E-state index >= 15 is 0 Å². The molecule has 0 aliphatic rings. The number of likely N-dealkylation sites (N-methyl/N-ethyl adjacent to an activating group) is 1. The average Bonchev–Trinajstić information content (AvgIpc) is 3.28. The number of thiophene rings is 1. The zero-order chi connectivity index (χ0) is 18.8. The molecule has 0 atom stereocenters. The van der Waals surface area contributed by atoms with Gasteiger partial charge in [-0.15, -0.1) is 27.8 Å². The second-order valence-corrected chi connectivity index (χ2v) is 8.37. The summed E-state index contributed by atoms with van der Waals surface area (Å²) in [5, 5.41) is 10.9. The van der Waals surface area contributed by atoms with Crippen molar-refractivity contribution in [3.8, 4) is 10.6 Å². The molecule has 0 saturated carbocycles. The Hall–Kier alpha value is -2.59. The number of rotatable bonds is 5. The van der Waals surface area contributed by atoms with Gasteiger partial charge in [-0.25, -0.2) is 9.67 Å². The highest BCUT2D eigenvalue weighted by atomic mass is 32.1. The molecule has 0 aromatic carbocycles. The molecule has 0 unspecified atom stereocenters. The first kappa shape index (κ1) is 18.2. The van der Waals surface area contributed by atoms with Gasteiger partial charge in [0, 0.05) is 23.8 Å². The van der Waals surface area contributed by atoms with Crippen molar-refractivity contribution in [3.63, 3.8) is 0 Å². The van der Waals surface area contributed by atoms with Crippen LogP contribution in [0, 0.1) is 13.8 Å². The van der Waals surface area contributed by atoms with E-state index in [1.165, 1.54) is 32.0 Å². The number of hydrogen-bond acceptors (Lipinski definition) is 7. The lowest BCUT2D eigenvalue weighted by Crippen LogP contribution is -2.26. The van der Waals surface area contributed by atoms with Crippen LogP contribution in [0.25, 0.3) is 10.6 Å². The quantitative estimate of drug-likeness (QED) is 0.722. The fourth-order valence-corrected chi connectivity index (χ4v) is 3.96. The van der Waals surface area contributed by atoms with Crippen LogP contribution in [0.1, 0.15) is 20.2 Å². The van der Waals surface area contributed by atoms with Crippen molar-refractivity contribution in [1.82, 2.24) is 24.9 Å². The Kier molecular flexibility index (Phi) is 5.14. The predicted molar refractivity (Wildman–Crippen MR) is 102 cm³/mol. The number of nitrogens with one attached hydrogen (secondary N) is 1. The summed E-state index contributed by atoms with van der Waals surface area (Å²) >= 11 is 3.08. The van der Waals surface area contributed by atoms with Crippen LogP contribution in [0.3, 0.4) is 0 Å². The number of aryl methyl sites for hydroxylation is 2. The summed E-state index contributed by atoms with van der Waals surface area (Å²) in [6.07, 6.45) is 1.45. The van der Waals surface area contributed by atoms with Gasteiger partial charge in [0.2, 0.25) is 5.91 Å². The third kappa shape index (κ3) is 3.97. The molecule has 0 aliphatic heterocycles. The van der Waals surface area contributed by atoms with Gasteiger partial charge in [-0.3, -0.25) is 14.9 Å². The number of aromatic nitrogens is 4. The highest BCUT2D eigenvalue weighted by Crippen LogP contribution is 2.34. The first-order valence-corrected chi connectivity index (χ1v) is 9.42. The number of carbonyl (C=O) groups excluding carboxylic acids is 2. The molecule has 3 heterocycles. The van der Waals surface area contributed by atoms with E-state index in [4.69, 9.17) is 0 Å². The molecular weight excluding hydrogens is 372 g/mol. The number of carbonyl (C=O) groups is 2. The number of nitrogens with zero attached hydrogens (tertiary/aromatic N) is 5. The van der Waals surface area contributed by atoms with E-state index in [9.17, 15) is 9.59 Å². The van der Waals surface area contributed by atoms with Crippen molar-refractivity contribution in [2.24, 2.45) is 0 Å². The lowest BCUT2D eigenvalue weighted by molar-refractivity contribution is -0.129. The number of hydrogen-bond donors (Lipinski definition) is 1. The van der Waals surface area contributed by atoms with E-state index in [1.807, 2.05) is 26.0 Å². The van der Waals surface area contributed by atoms with Crippen LogP contribution in [0.2, 0.25) is 0 Å². The van der Waals surface area contributed by atoms with Crippen LogP contribution in [0.5, 0.6) is 0 Å². The van der Waals surface area contributed by atoms with Crippen LogP contribution < -0.4 is 5.32 Å². The fraction of sp³-hybridized carbons (Fsp3) is 0.312. The normalized spacial score (nSPS) is 10.8. The maximum Gasteiger partial charge on any atom is 0.279 e. The third-order valence-electron chi connectivity index (χ3n) is 3.56. The topological polar surface area (TPSA) is 93.0 Å². The monoisotopic (exact) mass is 390 g/mol. The number of thiazole rings is 1. The van der Waals surface area contributed by atoms with Gasteiger partial charge < -0.3 is 4.90 Å². The summed E-state index contributed by atoms with van der Waals surface area (Å²) in [7, 11) is 3.31. The average molecular weight is 390 g/mol. The summed E-state index contributed by atoms with van der Waals surface area (Å²) in [6, 6.07) is 4.07. The molecule has 136 valence electrons. The molecule has 10 heteroatoms. The molecule has 26 heavy (non-hydrogen) atoms. The molecule has 3 aromatic rings. The van der Waals surface area contributed by atoms with E-state index in [0.29, 0.717) is 5.13 Å². The van der Waals surface area contributed by atoms with Gasteiger partial charge in [0.1, 0.15) is 6.54 Å². The minimum atomic E-state index is -0.406. The van der Waals surface area contributed by atoms with Crippen molar-refractivity contribution in [2.75, 3.05) is 19.4 Å². The smallest absolute Gasteiger partial charge is 0.279 e. The molecular formula is C16H18N6O2S2. The van der Waals surface area contributed by atoms with Crippen molar-refractivity contribution in [2.45, 2.75) is 20.4 Å². The van der Waals surface area contributed by atoms with Crippen LogP contribution in [0.15, 0.2) is 18.3 Å². The van der Waals surface area contributed by atoms with E-state index in [1.54, 1.807) is 25.4 Å². The summed E-state index contributed by atoms with van der Waals surface area (Å²) in [5.41, 5.74) is 1.02. The van der Waals surface area contributed by atoms with E-state index < -0.39 is 5.91 Å². The Morgan fingerprint density at radius 2 is 2.00 bits per heavy atom. The zero-order valence-corrected chi connectivity index (χ0v) is 16.4. The Morgan fingerprint density at radius 1 is 1.23 bits per heavy atom. The largest absolute Gasteiger partial charge is 0.347 e. The molecule has 1 N–H and O–H groups in total. The first-order valence-electron chi connectivity index (χ1n) is 7.79. The fourth-order valence-electron chi connectivity index (χ4n) is 2.16. The maximum atomic E-state index is 12.4. The maximum absolute atomic E-state index is 12.4. The van der Waals surface area contributed by atoms with Crippen molar-refractivity contribution >= 4 is 39.6 Å². The first-order chi connectivity index (χ1) is 12.3. The molecule has 0 spiro atoms. The van der Waals surface area contributed by atoms with Crippen molar-refractivity contribution in [3.05, 3.63) is 33.8 Å². The van der Waals surface area contributed by atoms with Gasteiger partial charge in [0.15, 0.2) is 10.8 Å². The van der Waals surface area contributed by atoms with Gasteiger partial charge in [-0.1, -0.05) is 5.21 Å². The molecule has 0 bridgehead atoms. The summed E-state index contributed by atoms with van der Waals surface area (Å²) in [4.78, 5) is 33.3. The van der Waals surface area contributed by atoms with Gasteiger partial charge in [0.25, 0.3) is 5.91 Å². The third-order valence-corrected chi connectivity index (χ3v) is 5.45. The summed E-state index contributed by atoms with van der Waals surface area (Å²) < 4.78 is 1.34. The molecule has 8 nitrogen and oxygen atoms in total. The highest BCUT2D eigenvalue weighted by molar-refractivity contribution is 7.18. The molecule has 0 fully saturated rings. The molecule has 0 saturated heterocycles. The Labute approximate surface area is 158 Å². The summed E-state index contributed by atoms with van der Waals surface area (Å²) in [5.74, 6) is -0.537. The second kappa shape index (κ2) is 7.34. The summed E-state index contributed by atoms with van der Waals surface area (Å²) in [6.45, 7) is 4.05. The van der Waals surface area contributed by atoms with Crippen molar-refractivity contribution < 1.29 is 9.59 Å². The predicted octanol–water partition coefficient (Wildman–Crippen LogP) is 2.42. The van der Waals surface area contributed by atoms with E-state index in [0.717, 1.165) is 15.4 Å². The number of anilines is 1. The lowest BCUT2D eigenvalue weighted by Gasteiger charge is -2.08. The molecule has 3 rings (SSSR count). The highest BCUT2D eigenvalue weighted by Gasteiger charge is 2.17. The molecule has 0 radical (unpaired) electrons. The molecule has 2 amide bonds.